The third-order valence-corrected chi connectivity index (χ3v) is 5.25. The molecule has 2 atom stereocenters. The maximum Gasteiger partial charge on any atom is 0.324 e. The molecule has 4 rings (SSSR count). The Hall–Kier alpha value is -3.27. The summed E-state index contributed by atoms with van der Waals surface area (Å²) in [6.07, 6.45) is 1.41. The lowest BCUT2D eigenvalue weighted by Crippen LogP contribution is -2.21. The van der Waals surface area contributed by atoms with Crippen LogP contribution in [-0.2, 0) is 4.74 Å². The molecule has 2 aromatic heterocycles. The first-order chi connectivity index (χ1) is 14.9. The van der Waals surface area contributed by atoms with Crippen molar-refractivity contribution in [2.45, 2.75) is 26.4 Å². The molecular formula is C21H28N8O2. The average Bonchev–Trinajstić information content (AvgIpc) is 3.30. The molecule has 1 fully saturated rings. The van der Waals surface area contributed by atoms with Gasteiger partial charge in [-0.3, -0.25) is 0 Å². The lowest BCUT2D eigenvalue weighted by molar-refractivity contribution is 0.0682. The van der Waals surface area contributed by atoms with Crippen LogP contribution in [0.4, 0.5) is 23.6 Å². The minimum Gasteiger partial charge on any atom is -0.378 e. The fourth-order valence-electron chi connectivity index (χ4n) is 3.34. The summed E-state index contributed by atoms with van der Waals surface area (Å²) in [4.78, 5) is 21.1. The molecule has 1 aliphatic rings. The first kappa shape index (κ1) is 21.0. The van der Waals surface area contributed by atoms with Gasteiger partial charge >= 0.3 is 6.01 Å². The van der Waals surface area contributed by atoms with E-state index in [0.29, 0.717) is 23.8 Å². The van der Waals surface area contributed by atoms with Crippen molar-refractivity contribution in [1.82, 2.24) is 25.1 Å². The van der Waals surface area contributed by atoms with Crippen LogP contribution < -0.4 is 15.5 Å². The van der Waals surface area contributed by atoms with Crippen molar-refractivity contribution in [1.29, 1.82) is 0 Å². The van der Waals surface area contributed by atoms with Crippen LogP contribution in [0.3, 0.4) is 0 Å². The third-order valence-electron chi connectivity index (χ3n) is 5.25. The van der Waals surface area contributed by atoms with Crippen LogP contribution in [0.2, 0.25) is 0 Å². The minimum atomic E-state index is 0.0912. The first-order valence-electron chi connectivity index (χ1n) is 10.4. The summed E-state index contributed by atoms with van der Waals surface area (Å²) < 4.78 is 11.2. The number of anilines is 4. The zero-order valence-electron chi connectivity index (χ0n) is 18.3. The van der Waals surface area contributed by atoms with E-state index in [1.165, 1.54) is 0 Å². The summed E-state index contributed by atoms with van der Waals surface area (Å²) in [7, 11) is 3.80. The molecule has 10 heteroatoms. The smallest absolute Gasteiger partial charge is 0.324 e. The van der Waals surface area contributed by atoms with Crippen molar-refractivity contribution in [2.75, 3.05) is 42.8 Å². The number of ether oxygens (including phenoxy) is 1. The predicted octanol–water partition coefficient (Wildman–Crippen LogP) is 2.77. The van der Waals surface area contributed by atoms with Gasteiger partial charge in [0.15, 0.2) is 0 Å². The van der Waals surface area contributed by atoms with Gasteiger partial charge in [-0.1, -0.05) is 23.4 Å². The van der Waals surface area contributed by atoms with Crippen molar-refractivity contribution in [3.05, 3.63) is 30.3 Å². The molecule has 1 aromatic carbocycles. The maximum atomic E-state index is 5.92. The molecule has 31 heavy (non-hydrogen) atoms. The Kier molecular flexibility index (Phi) is 5.99. The van der Waals surface area contributed by atoms with Crippen LogP contribution in [0.25, 0.3) is 11.6 Å². The third kappa shape index (κ3) is 5.08. The molecular weight excluding hydrogens is 396 g/mol. The van der Waals surface area contributed by atoms with Crippen LogP contribution in [-0.4, -0.2) is 58.4 Å². The molecule has 2 heterocycles. The maximum absolute atomic E-state index is 5.92. The molecule has 2 N–H and O–H groups in total. The van der Waals surface area contributed by atoms with E-state index in [1.54, 1.807) is 0 Å². The van der Waals surface area contributed by atoms with Crippen LogP contribution in [0, 0.1) is 11.8 Å². The molecule has 1 saturated carbocycles. The lowest BCUT2D eigenvalue weighted by atomic mass is 10.3. The quantitative estimate of drug-likeness (QED) is 0.549. The van der Waals surface area contributed by atoms with Gasteiger partial charge in [0.25, 0.3) is 0 Å². The summed E-state index contributed by atoms with van der Waals surface area (Å²) in [6, 6.07) is 10.2. The van der Waals surface area contributed by atoms with Gasteiger partial charge in [-0.2, -0.15) is 19.9 Å². The number of nitrogens with zero attached hydrogens (tertiary/aromatic N) is 7. The molecule has 10 nitrogen and oxygen atoms in total. The highest BCUT2D eigenvalue weighted by molar-refractivity contribution is 5.59. The Morgan fingerprint density at radius 1 is 1.06 bits per heavy atom. The van der Waals surface area contributed by atoms with Gasteiger partial charge in [-0.05, 0) is 44.2 Å². The Bertz CT molecular complexity index is 1010. The largest absolute Gasteiger partial charge is 0.378 e. The van der Waals surface area contributed by atoms with Crippen LogP contribution in [0.1, 0.15) is 20.3 Å². The fraction of sp³-hybridized carbons (Fsp3) is 0.476. The number of aromatic nitrogens is 5. The van der Waals surface area contributed by atoms with Gasteiger partial charge < -0.3 is 24.8 Å². The van der Waals surface area contributed by atoms with E-state index in [0.717, 1.165) is 25.3 Å². The molecule has 2 unspecified atom stereocenters. The van der Waals surface area contributed by atoms with E-state index < -0.39 is 0 Å². The van der Waals surface area contributed by atoms with E-state index >= 15 is 0 Å². The summed E-state index contributed by atoms with van der Waals surface area (Å²) >= 11 is 0. The Morgan fingerprint density at radius 3 is 2.58 bits per heavy atom. The highest BCUT2D eigenvalue weighted by Gasteiger charge is 2.38. The van der Waals surface area contributed by atoms with Crippen LogP contribution in [0.5, 0.6) is 0 Å². The molecule has 1 aliphatic carbocycles. The summed E-state index contributed by atoms with van der Waals surface area (Å²) in [6.45, 7) is 5.74. The van der Waals surface area contributed by atoms with E-state index in [4.69, 9.17) is 15.0 Å². The van der Waals surface area contributed by atoms with Crippen molar-refractivity contribution in [3.63, 3.8) is 0 Å². The van der Waals surface area contributed by atoms with Gasteiger partial charge in [-0.15, -0.1) is 0 Å². The molecule has 0 spiro atoms. The number of hydrogen-bond acceptors (Lipinski definition) is 10. The summed E-state index contributed by atoms with van der Waals surface area (Å²) in [5.41, 5.74) is 6.85. The predicted molar refractivity (Wildman–Crippen MR) is 118 cm³/mol. The molecule has 0 radical (unpaired) electrons. The highest BCUT2D eigenvalue weighted by atomic mass is 16.5. The molecule has 0 bridgehead atoms. The van der Waals surface area contributed by atoms with Gasteiger partial charge in [0.2, 0.25) is 23.5 Å². The van der Waals surface area contributed by atoms with E-state index in [9.17, 15) is 0 Å². The number of para-hydroxylation sites is 1. The fourth-order valence-corrected chi connectivity index (χ4v) is 3.34. The normalized spacial score (nSPS) is 17.7. The van der Waals surface area contributed by atoms with E-state index in [2.05, 4.69) is 38.9 Å². The van der Waals surface area contributed by atoms with E-state index in [1.807, 2.05) is 54.2 Å². The summed E-state index contributed by atoms with van der Waals surface area (Å²) in [5.74, 6) is 2.19. The highest BCUT2D eigenvalue weighted by Crippen LogP contribution is 2.39. The van der Waals surface area contributed by atoms with Gasteiger partial charge in [-0.25, -0.2) is 0 Å². The second kappa shape index (κ2) is 8.84. The Balaban J connectivity index is 1.45. The molecule has 0 amide bonds. The Morgan fingerprint density at radius 2 is 1.84 bits per heavy atom. The van der Waals surface area contributed by atoms with Crippen molar-refractivity contribution in [3.8, 4) is 11.6 Å². The number of rotatable bonds is 9. The average molecular weight is 425 g/mol. The Labute approximate surface area is 181 Å². The zero-order chi connectivity index (χ0) is 22.0. The molecule has 3 aromatic rings. The van der Waals surface area contributed by atoms with Gasteiger partial charge in [0.05, 0.1) is 12.7 Å². The summed E-state index contributed by atoms with van der Waals surface area (Å²) in [5, 5.41) is 4.05. The SMILES string of the molecule is CC(C)OCC1CC1CN(C)c1nc(-c2nc(N)nc(N(C)c3ccccc3)n2)no1. The van der Waals surface area contributed by atoms with Crippen molar-refractivity contribution < 1.29 is 9.26 Å². The minimum absolute atomic E-state index is 0.0912. The molecule has 0 aliphatic heterocycles. The number of hydrogen-bond donors (Lipinski definition) is 1. The van der Waals surface area contributed by atoms with E-state index in [-0.39, 0.29) is 23.7 Å². The standard InChI is InChI=1S/C21H28N8O2/c1-13(2)30-12-15-10-14(15)11-28(3)21-25-18(27-31-21)17-23-19(22)26-20(24-17)29(4)16-8-6-5-7-9-16/h5-9,13-15H,10-12H2,1-4H3,(H2,22,23,24,26). The first-order valence-corrected chi connectivity index (χ1v) is 10.4. The lowest BCUT2D eigenvalue weighted by Gasteiger charge is -2.17. The van der Waals surface area contributed by atoms with Crippen molar-refractivity contribution in [2.24, 2.45) is 11.8 Å². The molecule has 0 saturated heterocycles. The van der Waals surface area contributed by atoms with Crippen LogP contribution >= 0.6 is 0 Å². The van der Waals surface area contributed by atoms with Crippen molar-refractivity contribution >= 4 is 23.6 Å². The monoisotopic (exact) mass is 424 g/mol. The zero-order valence-corrected chi connectivity index (χ0v) is 18.3. The number of nitrogen functional groups attached to an aromatic ring is 1. The van der Waals surface area contributed by atoms with Gasteiger partial charge in [0.1, 0.15) is 0 Å². The number of nitrogens with two attached hydrogens (primary N) is 1. The topological polar surface area (TPSA) is 119 Å². The second-order valence-electron chi connectivity index (χ2n) is 8.13. The van der Waals surface area contributed by atoms with Gasteiger partial charge in [0, 0.05) is 26.3 Å². The molecule has 164 valence electrons. The second-order valence-corrected chi connectivity index (χ2v) is 8.13. The number of benzene rings is 1. The van der Waals surface area contributed by atoms with Crippen LogP contribution in [0.15, 0.2) is 34.9 Å².